The lowest BCUT2D eigenvalue weighted by Crippen LogP contribution is -2.50. The summed E-state index contributed by atoms with van der Waals surface area (Å²) < 4.78 is 5.97. The van der Waals surface area contributed by atoms with Crippen LogP contribution in [0.1, 0.15) is 17.5 Å². The molecule has 0 bridgehead atoms. The second kappa shape index (κ2) is 7.07. The number of morpholine rings is 1. The Bertz CT molecular complexity index is 744. The number of rotatable bonds is 2. The summed E-state index contributed by atoms with van der Waals surface area (Å²) in [7, 11) is 2.13. The van der Waals surface area contributed by atoms with Gasteiger partial charge in [0.25, 0.3) is 5.91 Å². The third-order valence-electron chi connectivity index (χ3n) is 4.80. The fraction of sp³-hybridized carbons (Fsp3) is 0.444. The standard InChI is InChI=1S/C18H21N3O2S2/c1-19-6-2-3-14-11-13(4-5-15(14)19)12-16-17(22)21(18(24)25-16)20-7-9-23-10-8-20/h4-5,11-12H,2-3,6-10H2,1H3. The van der Waals surface area contributed by atoms with Gasteiger partial charge in [-0.15, -0.1) is 0 Å². The van der Waals surface area contributed by atoms with Crippen LogP contribution in [0, 0.1) is 0 Å². The van der Waals surface area contributed by atoms with E-state index in [-0.39, 0.29) is 5.91 Å². The van der Waals surface area contributed by atoms with Crippen LogP contribution < -0.4 is 4.90 Å². The largest absolute Gasteiger partial charge is 0.379 e. The summed E-state index contributed by atoms with van der Waals surface area (Å²) in [6.07, 6.45) is 4.23. The molecule has 4 rings (SSSR count). The van der Waals surface area contributed by atoms with E-state index in [1.807, 2.05) is 11.1 Å². The summed E-state index contributed by atoms with van der Waals surface area (Å²) in [5.41, 5.74) is 3.71. The molecule has 2 saturated heterocycles. The van der Waals surface area contributed by atoms with Crippen LogP contribution in [0.2, 0.25) is 0 Å². The van der Waals surface area contributed by atoms with Crippen LogP contribution in [0.4, 0.5) is 5.69 Å². The van der Waals surface area contributed by atoms with E-state index in [9.17, 15) is 4.79 Å². The molecule has 3 heterocycles. The minimum Gasteiger partial charge on any atom is -0.379 e. The van der Waals surface area contributed by atoms with Crippen molar-refractivity contribution >= 4 is 46.0 Å². The Balaban J connectivity index is 1.57. The number of nitrogens with zero attached hydrogens (tertiary/aromatic N) is 3. The van der Waals surface area contributed by atoms with Gasteiger partial charge < -0.3 is 9.64 Å². The molecule has 5 nitrogen and oxygen atoms in total. The predicted molar refractivity (Wildman–Crippen MR) is 105 cm³/mol. The molecule has 0 aliphatic carbocycles. The number of thiocarbonyl (C=S) groups is 1. The highest BCUT2D eigenvalue weighted by Gasteiger charge is 2.36. The van der Waals surface area contributed by atoms with Crippen molar-refractivity contribution in [3.8, 4) is 0 Å². The van der Waals surface area contributed by atoms with Crippen molar-refractivity contribution in [1.29, 1.82) is 0 Å². The summed E-state index contributed by atoms with van der Waals surface area (Å²) in [5.74, 6) is -0.0215. The van der Waals surface area contributed by atoms with E-state index < -0.39 is 0 Å². The Morgan fingerprint density at radius 1 is 1.24 bits per heavy atom. The van der Waals surface area contributed by atoms with E-state index in [1.54, 1.807) is 5.01 Å². The van der Waals surface area contributed by atoms with Gasteiger partial charge in [0.15, 0.2) is 4.32 Å². The number of benzene rings is 1. The zero-order chi connectivity index (χ0) is 17.4. The maximum absolute atomic E-state index is 12.8. The molecule has 1 aromatic carbocycles. The molecule has 3 aliphatic rings. The molecule has 0 saturated carbocycles. The van der Waals surface area contributed by atoms with Crippen LogP contribution >= 0.6 is 24.0 Å². The molecule has 1 aromatic rings. The fourth-order valence-corrected chi connectivity index (χ4v) is 4.81. The van der Waals surface area contributed by atoms with Crippen LogP contribution in [0.5, 0.6) is 0 Å². The van der Waals surface area contributed by atoms with Gasteiger partial charge in [-0.1, -0.05) is 30.0 Å². The molecule has 0 radical (unpaired) electrons. The first kappa shape index (κ1) is 17.0. The van der Waals surface area contributed by atoms with Crippen molar-refractivity contribution in [1.82, 2.24) is 10.0 Å². The van der Waals surface area contributed by atoms with E-state index >= 15 is 0 Å². The summed E-state index contributed by atoms with van der Waals surface area (Å²) in [6.45, 7) is 3.77. The molecule has 7 heteroatoms. The number of fused-ring (bicyclic) bond motifs is 1. The molecule has 2 fully saturated rings. The maximum atomic E-state index is 12.8. The second-order valence-electron chi connectivity index (χ2n) is 6.47. The van der Waals surface area contributed by atoms with Crippen LogP contribution in [0.15, 0.2) is 23.1 Å². The highest BCUT2D eigenvalue weighted by atomic mass is 32.2. The van der Waals surface area contributed by atoms with Crippen LogP contribution in [0.3, 0.4) is 0 Å². The lowest BCUT2D eigenvalue weighted by molar-refractivity contribution is -0.138. The maximum Gasteiger partial charge on any atom is 0.280 e. The Kier molecular flexibility index (Phi) is 4.82. The summed E-state index contributed by atoms with van der Waals surface area (Å²) in [6, 6.07) is 6.44. The van der Waals surface area contributed by atoms with Gasteiger partial charge in [0, 0.05) is 32.4 Å². The molecular weight excluding hydrogens is 354 g/mol. The number of hydrazine groups is 1. The molecule has 0 unspecified atom stereocenters. The third kappa shape index (κ3) is 3.33. The molecule has 0 spiro atoms. The van der Waals surface area contributed by atoms with Crippen molar-refractivity contribution in [3.05, 3.63) is 34.2 Å². The highest BCUT2D eigenvalue weighted by molar-refractivity contribution is 8.26. The summed E-state index contributed by atoms with van der Waals surface area (Å²) in [5, 5.41) is 3.63. The van der Waals surface area contributed by atoms with Gasteiger partial charge in [-0.05, 0) is 42.2 Å². The Morgan fingerprint density at radius 3 is 2.84 bits per heavy atom. The smallest absolute Gasteiger partial charge is 0.280 e. The summed E-state index contributed by atoms with van der Waals surface area (Å²) >= 11 is 6.83. The van der Waals surface area contributed by atoms with Crippen LogP contribution in [-0.4, -0.2) is 60.1 Å². The van der Waals surface area contributed by atoms with Gasteiger partial charge in [0.05, 0.1) is 18.1 Å². The van der Waals surface area contributed by atoms with Crippen molar-refractivity contribution in [3.63, 3.8) is 0 Å². The fourth-order valence-electron chi connectivity index (χ4n) is 3.50. The zero-order valence-electron chi connectivity index (χ0n) is 14.2. The van der Waals surface area contributed by atoms with Gasteiger partial charge in [0.1, 0.15) is 0 Å². The van der Waals surface area contributed by atoms with Gasteiger partial charge in [0.2, 0.25) is 0 Å². The Morgan fingerprint density at radius 2 is 2.04 bits per heavy atom. The van der Waals surface area contributed by atoms with Gasteiger partial charge >= 0.3 is 0 Å². The van der Waals surface area contributed by atoms with Gasteiger partial charge in [-0.2, -0.15) is 0 Å². The highest BCUT2D eigenvalue weighted by Crippen LogP contribution is 2.35. The molecule has 0 atom stereocenters. The monoisotopic (exact) mass is 375 g/mol. The molecular formula is C18H21N3O2S2. The molecule has 3 aliphatic heterocycles. The average molecular weight is 376 g/mol. The lowest BCUT2D eigenvalue weighted by Gasteiger charge is -2.33. The molecule has 0 aromatic heterocycles. The van der Waals surface area contributed by atoms with Crippen molar-refractivity contribution in [2.45, 2.75) is 12.8 Å². The first-order valence-electron chi connectivity index (χ1n) is 8.58. The number of ether oxygens (including phenoxy) is 1. The average Bonchev–Trinajstić information content (AvgIpc) is 2.89. The number of hydrogen-bond acceptors (Lipinski definition) is 6. The SMILES string of the molecule is CN1CCCc2cc(C=C3SC(=S)N(N4CCOCC4)C3=O)ccc21. The van der Waals surface area contributed by atoms with E-state index in [0.717, 1.165) is 18.5 Å². The second-order valence-corrected chi connectivity index (χ2v) is 8.15. The minimum absolute atomic E-state index is 0.0215. The molecule has 0 N–H and O–H groups in total. The van der Waals surface area contributed by atoms with Crippen LogP contribution in [-0.2, 0) is 16.0 Å². The van der Waals surface area contributed by atoms with Gasteiger partial charge in [-0.3, -0.25) is 4.79 Å². The number of aryl methyl sites for hydroxylation is 1. The normalized spacial score (nSPS) is 23.5. The van der Waals surface area contributed by atoms with E-state index in [2.05, 4.69) is 30.1 Å². The van der Waals surface area contributed by atoms with E-state index in [1.165, 1.54) is 29.4 Å². The molecule has 132 valence electrons. The van der Waals surface area contributed by atoms with Crippen molar-refractivity contribution in [2.24, 2.45) is 0 Å². The van der Waals surface area contributed by atoms with Crippen molar-refractivity contribution in [2.75, 3.05) is 44.8 Å². The topological polar surface area (TPSA) is 36.0 Å². The zero-order valence-corrected chi connectivity index (χ0v) is 15.9. The number of thioether (sulfide) groups is 1. The van der Waals surface area contributed by atoms with Crippen LogP contribution in [0.25, 0.3) is 6.08 Å². The van der Waals surface area contributed by atoms with E-state index in [4.69, 9.17) is 17.0 Å². The first-order valence-corrected chi connectivity index (χ1v) is 9.80. The van der Waals surface area contributed by atoms with Gasteiger partial charge in [-0.25, -0.2) is 10.0 Å². The number of carbonyl (C=O) groups is 1. The Labute approximate surface area is 157 Å². The van der Waals surface area contributed by atoms with E-state index in [0.29, 0.717) is 35.5 Å². The first-order chi connectivity index (χ1) is 12.1. The predicted octanol–water partition coefficient (Wildman–Crippen LogP) is 2.52. The number of anilines is 1. The number of carbonyl (C=O) groups excluding carboxylic acids is 1. The number of hydrogen-bond donors (Lipinski definition) is 0. The molecule has 1 amide bonds. The third-order valence-corrected chi connectivity index (χ3v) is 6.08. The minimum atomic E-state index is -0.0215. The lowest BCUT2D eigenvalue weighted by atomic mass is 9.99. The Hall–Kier alpha value is -1.41. The molecule has 25 heavy (non-hydrogen) atoms. The summed E-state index contributed by atoms with van der Waals surface area (Å²) in [4.78, 5) is 15.8. The number of amides is 1. The van der Waals surface area contributed by atoms with Crippen molar-refractivity contribution < 1.29 is 9.53 Å². The quantitative estimate of drug-likeness (QED) is 0.584.